The molecule has 0 saturated heterocycles. The van der Waals surface area contributed by atoms with E-state index in [0.29, 0.717) is 29.4 Å². The Kier molecular flexibility index (Phi) is 9.59. The summed E-state index contributed by atoms with van der Waals surface area (Å²) in [5.41, 5.74) is 2.52. The molecule has 198 valence electrons. The minimum absolute atomic E-state index is 0.0193. The molecule has 1 saturated carbocycles. The number of esters is 1. The fourth-order valence-corrected chi connectivity index (χ4v) is 4.78. The van der Waals surface area contributed by atoms with Crippen LogP contribution in [-0.4, -0.2) is 45.3 Å². The molecule has 1 aliphatic carbocycles. The SMILES string of the molecule is CC(C)CN(c1ccc([C@H](C)CC(=O)OC(C)(C)C)cc1Nc1cnc(Cl)cn1)[C@H]1CC[C@H](O)CC1. The summed E-state index contributed by atoms with van der Waals surface area (Å²) >= 11 is 5.95. The van der Waals surface area contributed by atoms with E-state index in [9.17, 15) is 9.90 Å². The number of ether oxygens (including phenoxy) is 1. The van der Waals surface area contributed by atoms with E-state index in [1.807, 2.05) is 27.7 Å². The lowest BCUT2D eigenvalue weighted by Crippen LogP contribution is -2.41. The zero-order valence-electron chi connectivity index (χ0n) is 22.4. The van der Waals surface area contributed by atoms with Crippen LogP contribution in [0, 0.1) is 5.92 Å². The van der Waals surface area contributed by atoms with E-state index in [0.717, 1.165) is 49.2 Å². The third kappa shape index (κ3) is 8.34. The number of rotatable bonds is 9. The van der Waals surface area contributed by atoms with Gasteiger partial charge in [0.25, 0.3) is 0 Å². The number of aromatic nitrogens is 2. The maximum absolute atomic E-state index is 12.5. The van der Waals surface area contributed by atoms with Crippen molar-refractivity contribution >= 4 is 34.8 Å². The summed E-state index contributed by atoms with van der Waals surface area (Å²) in [4.78, 5) is 23.5. The zero-order valence-corrected chi connectivity index (χ0v) is 23.2. The van der Waals surface area contributed by atoms with Gasteiger partial charge >= 0.3 is 5.97 Å². The molecule has 7 nitrogen and oxygen atoms in total. The first-order chi connectivity index (χ1) is 16.9. The van der Waals surface area contributed by atoms with Gasteiger partial charge in [-0.1, -0.05) is 38.4 Å². The van der Waals surface area contributed by atoms with Gasteiger partial charge in [0.2, 0.25) is 0 Å². The first-order valence-electron chi connectivity index (χ1n) is 13.0. The summed E-state index contributed by atoms with van der Waals surface area (Å²) < 4.78 is 5.55. The lowest BCUT2D eigenvalue weighted by molar-refractivity contribution is -0.155. The van der Waals surface area contributed by atoms with E-state index in [1.165, 1.54) is 6.20 Å². The first kappa shape index (κ1) is 28.2. The number of nitrogens with zero attached hydrogens (tertiary/aromatic N) is 3. The number of hydrogen-bond acceptors (Lipinski definition) is 7. The highest BCUT2D eigenvalue weighted by molar-refractivity contribution is 6.29. The molecule has 0 unspecified atom stereocenters. The lowest BCUT2D eigenvalue weighted by Gasteiger charge is -2.39. The van der Waals surface area contributed by atoms with Crippen molar-refractivity contribution in [1.29, 1.82) is 0 Å². The average Bonchev–Trinajstić information content (AvgIpc) is 2.78. The molecule has 1 fully saturated rings. The second-order valence-corrected chi connectivity index (χ2v) is 11.7. The van der Waals surface area contributed by atoms with Crippen molar-refractivity contribution in [2.24, 2.45) is 5.92 Å². The molecule has 1 heterocycles. The van der Waals surface area contributed by atoms with Crippen molar-refractivity contribution in [3.8, 4) is 0 Å². The molecule has 1 aromatic heterocycles. The van der Waals surface area contributed by atoms with Gasteiger partial charge in [0.05, 0.1) is 36.3 Å². The van der Waals surface area contributed by atoms with Crippen molar-refractivity contribution in [3.63, 3.8) is 0 Å². The number of carbonyl (C=O) groups excluding carboxylic acids is 1. The van der Waals surface area contributed by atoms with Gasteiger partial charge < -0.3 is 20.1 Å². The topological polar surface area (TPSA) is 87.6 Å². The Labute approximate surface area is 220 Å². The van der Waals surface area contributed by atoms with Crippen molar-refractivity contribution in [1.82, 2.24) is 9.97 Å². The molecular formula is C28H41ClN4O3. The summed E-state index contributed by atoms with van der Waals surface area (Å²) in [6, 6.07) is 6.69. The van der Waals surface area contributed by atoms with Crippen LogP contribution in [0.2, 0.25) is 5.15 Å². The van der Waals surface area contributed by atoms with Gasteiger partial charge in [-0.3, -0.25) is 4.79 Å². The Morgan fingerprint density at radius 1 is 1.17 bits per heavy atom. The van der Waals surface area contributed by atoms with Gasteiger partial charge in [-0.15, -0.1) is 0 Å². The molecule has 0 bridgehead atoms. The van der Waals surface area contributed by atoms with Crippen LogP contribution in [0.3, 0.4) is 0 Å². The number of aliphatic hydroxyl groups excluding tert-OH is 1. The zero-order chi connectivity index (χ0) is 26.5. The van der Waals surface area contributed by atoms with Gasteiger partial charge in [-0.05, 0) is 76.0 Å². The molecule has 2 aromatic rings. The quantitative estimate of drug-likeness (QED) is 0.369. The molecule has 0 aliphatic heterocycles. The number of anilines is 3. The first-order valence-corrected chi connectivity index (χ1v) is 13.3. The summed E-state index contributed by atoms with van der Waals surface area (Å²) in [5.74, 6) is 0.834. The van der Waals surface area contributed by atoms with E-state index in [-0.39, 0.29) is 18.0 Å². The second-order valence-electron chi connectivity index (χ2n) is 11.3. The maximum atomic E-state index is 12.5. The Hall–Kier alpha value is -2.38. The van der Waals surface area contributed by atoms with E-state index in [2.05, 4.69) is 52.2 Å². The van der Waals surface area contributed by atoms with Crippen LogP contribution in [0.1, 0.15) is 85.1 Å². The molecule has 0 spiro atoms. The summed E-state index contributed by atoms with van der Waals surface area (Å²) in [6.45, 7) is 13.0. The number of benzene rings is 1. The van der Waals surface area contributed by atoms with Crippen LogP contribution in [0.15, 0.2) is 30.6 Å². The predicted molar refractivity (Wildman–Crippen MR) is 146 cm³/mol. The summed E-state index contributed by atoms with van der Waals surface area (Å²) in [6.07, 6.45) is 6.76. The van der Waals surface area contributed by atoms with E-state index < -0.39 is 5.60 Å². The second kappa shape index (κ2) is 12.2. The number of hydrogen-bond donors (Lipinski definition) is 2. The number of carbonyl (C=O) groups is 1. The number of halogens is 1. The van der Waals surface area contributed by atoms with Gasteiger partial charge in [0.1, 0.15) is 16.6 Å². The van der Waals surface area contributed by atoms with Crippen LogP contribution >= 0.6 is 11.6 Å². The molecule has 1 atom stereocenters. The highest BCUT2D eigenvalue weighted by atomic mass is 35.5. The fourth-order valence-electron chi connectivity index (χ4n) is 4.68. The Morgan fingerprint density at radius 3 is 2.44 bits per heavy atom. The third-order valence-corrected chi connectivity index (χ3v) is 6.54. The summed E-state index contributed by atoms with van der Waals surface area (Å²) in [5, 5.41) is 13.9. The molecule has 8 heteroatoms. The fraction of sp³-hybridized carbons (Fsp3) is 0.607. The van der Waals surface area contributed by atoms with Crippen LogP contribution < -0.4 is 10.2 Å². The van der Waals surface area contributed by atoms with Gasteiger partial charge in [0.15, 0.2) is 0 Å². The van der Waals surface area contributed by atoms with Crippen molar-refractivity contribution in [3.05, 3.63) is 41.3 Å². The van der Waals surface area contributed by atoms with E-state index >= 15 is 0 Å². The molecule has 1 aromatic carbocycles. The van der Waals surface area contributed by atoms with Crippen LogP contribution in [-0.2, 0) is 9.53 Å². The number of nitrogens with one attached hydrogen (secondary N) is 1. The molecule has 1 aliphatic rings. The van der Waals surface area contributed by atoms with Crippen molar-refractivity contribution < 1.29 is 14.6 Å². The standard InChI is InChI=1S/C28H41ClN4O3/c1-18(2)17-33(21-8-10-22(34)11-9-21)24-12-7-20(19(3)13-27(35)36-28(4,5)6)14-23(24)32-26-16-30-25(29)15-31-26/h7,12,14-16,18-19,21-22,34H,8-11,13,17H2,1-6H3,(H,31,32)/t19-,21-,22-/m1/s1. The summed E-state index contributed by atoms with van der Waals surface area (Å²) in [7, 11) is 0. The average molecular weight is 517 g/mol. The third-order valence-electron chi connectivity index (χ3n) is 6.34. The van der Waals surface area contributed by atoms with E-state index in [4.69, 9.17) is 16.3 Å². The van der Waals surface area contributed by atoms with E-state index in [1.54, 1.807) is 6.20 Å². The van der Waals surface area contributed by atoms with Crippen molar-refractivity contribution in [2.75, 3.05) is 16.8 Å². The number of aliphatic hydroxyl groups is 1. The molecule has 2 N–H and O–H groups in total. The normalized spacial score (nSPS) is 19.1. The molecule has 0 amide bonds. The predicted octanol–water partition coefficient (Wildman–Crippen LogP) is 6.47. The molecule has 36 heavy (non-hydrogen) atoms. The highest BCUT2D eigenvalue weighted by Gasteiger charge is 2.28. The Balaban J connectivity index is 1.95. The Morgan fingerprint density at radius 2 is 1.86 bits per heavy atom. The van der Waals surface area contributed by atoms with Crippen LogP contribution in [0.5, 0.6) is 0 Å². The maximum Gasteiger partial charge on any atom is 0.306 e. The van der Waals surface area contributed by atoms with Gasteiger partial charge in [-0.25, -0.2) is 9.97 Å². The minimum Gasteiger partial charge on any atom is -0.460 e. The molecule has 0 radical (unpaired) electrons. The lowest BCUT2D eigenvalue weighted by atomic mass is 9.90. The van der Waals surface area contributed by atoms with Gasteiger partial charge in [-0.2, -0.15) is 0 Å². The van der Waals surface area contributed by atoms with Crippen LogP contribution in [0.25, 0.3) is 0 Å². The van der Waals surface area contributed by atoms with Crippen LogP contribution in [0.4, 0.5) is 17.2 Å². The van der Waals surface area contributed by atoms with Crippen molar-refractivity contribution in [2.45, 2.75) is 97.3 Å². The Bertz CT molecular complexity index is 999. The smallest absolute Gasteiger partial charge is 0.306 e. The highest BCUT2D eigenvalue weighted by Crippen LogP contribution is 2.37. The minimum atomic E-state index is -0.508. The monoisotopic (exact) mass is 516 g/mol. The molecular weight excluding hydrogens is 476 g/mol. The molecule has 3 rings (SSSR count). The van der Waals surface area contributed by atoms with Gasteiger partial charge in [0, 0.05) is 12.6 Å². The largest absolute Gasteiger partial charge is 0.460 e.